The van der Waals surface area contributed by atoms with Crippen LogP contribution in [0.25, 0.3) is 10.4 Å². The highest BCUT2D eigenvalue weighted by molar-refractivity contribution is 7.15. The van der Waals surface area contributed by atoms with Crippen LogP contribution in [0.15, 0.2) is 48.5 Å². The van der Waals surface area contributed by atoms with E-state index >= 15 is 0 Å². The maximum Gasteiger partial charge on any atom is 0.274 e. The maximum absolute atomic E-state index is 13.6. The van der Waals surface area contributed by atoms with Gasteiger partial charge in [0.2, 0.25) is 0 Å². The smallest absolute Gasteiger partial charge is 0.274 e. The van der Waals surface area contributed by atoms with Crippen LogP contribution < -0.4 is 5.32 Å². The second kappa shape index (κ2) is 8.34. The number of carbonyl (C=O) groups excluding carboxylic acids is 2. The number of aryl methyl sites for hydroxylation is 2. The third-order valence-corrected chi connectivity index (χ3v) is 7.72. The van der Waals surface area contributed by atoms with Gasteiger partial charge >= 0.3 is 0 Å². The van der Waals surface area contributed by atoms with E-state index in [1.54, 1.807) is 35.6 Å². The summed E-state index contributed by atoms with van der Waals surface area (Å²) < 4.78 is 0. The van der Waals surface area contributed by atoms with Crippen molar-refractivity contribution in [1.29, 1.82) is 0 Å². The van der Waals surface area contributed by atoms with Gasteiger partial charge in [0.15, 0.2) is 0 Å². The Balaban J connectivity index is 1.36. The van der Waals surface area contributed by atoms with Gasteiger partial charge in [0, 0.05) is 13.1 Å². The fourth-order valence-corrected chi connectivity index (χ4v) is 5.82. The highest BCUT2D eigenvalue weighted by Crippen LogP contribution is 2.50. The zero-order valence-electron chi connectivity index (χ0n) is 18.0. The number of piperidine rings is 1. The molecule has 1 aliphatic heterocycles. The minimum absolute atomic E-state index is 0.0219. The number of rotatable bonds is 5. The molecule has 1 aliphatic carbocycles. The molecule has 2 fully saturated rings. The SMILES string of the molecule is Cc1cccc(-c2sc(C)nc2C(=O)N2C[C@@H]3C[C@@H]3[C@H]2CNC(=O)c2ccccc2Cl)c1. The summed E-state index contributed by atoms with van der Waals surface area (Å²) >= 11 is 7.72. The number of benzene rings is 2. The number of halogens is 1. The molecule has 1 saturated carbocycles. The van der Waals surface area contributed by atoms with Crippen molar-refractivity contribution in [1.82, 2.24) is 15.2 Å². The van der Waals surface area contributed by atoms with E-state index in [4.69, 9.17) is 11.6 Å². The molecule has 0 bridgehead atoms. The molecule has 1 aromatic heterocycles. The van der Waals surface area contributed by atoms with Gasteiger partial charge < -0.3 is 10.2 Å². The Labute approximate surface area is 196 Å². The highest BCUT2D eigenvalue weighted by Gasteiger charge is 2.54. The van der Waals surface area contributed by atoms with E-state index in [-0.39, 0.29) is 17.9 Å². The molecule has 7 heteroatoms. The van der Waals surface area contributed by atoms with Gasteiger partial charge in [-0.3, -0.25) is 9.59 Å². The molecule has 1 saturated heterocycles. The molecular formula is C25H24ClN3O2S. The van der Waals surface area contributed by atoms with Crippen molar-refractivity contribution in [3.8, 4) is 10.4 Å². The minimum Gasteiger partial charge on any atom is -0.350 e. The van der Waals surface area contributed by atoms with Crippen LogP contribution in [0.2, 0.25) is 5.02 Å². The third kappa shape index (κ3) is 3.93. The van der Waals surface area contributed by atoms with Crippen molar-refractivity contribution in [2.24, 2.45) is 11.8 Å². The van der Waals surface area contributed by atoms with Crippen LogP contribution in [-0.2, 0) is 0 Å². The number of aromatic nitrogens is 1. The lowest BCUT2D eigenvalue weighted by atomic mass is 10.1. The highest BCUT2D eigenvalue weighted by atomic mass is 35.5. The van der Waals surface area contributed by atoms with Crippen LogP contribution in [0.3, 0.4) is 0 Å². The lowest BCUT2D eigenvalue weighted by Crippen LogP contribution is -2.45. The predicted octanol–water partition coefficient (Wildman–Crippen LogP) is 4.97. The second-order valence-corrected chi connectivity index (χ2v) is 10.3. The Morgan fingerprint density at radius 1 is 1.19 bits per heavy atom. The summed E-state index contributed by atoms with van der Waals surface area (Å²) in [6, 6.07) is 15.2. The minimum atomic E-state index is -0.211. The van der Waals surface area contributed by atoms with Crippen LogP contribution >= 0.6 is 22.9 Å². The fraction of sp³-hybridized carbons (Fsp3) is 0.320. The predicted molar refractivity (Wildman–Crippen MR) is 127 cm³/mol. The number of hydrogen-bond acceptors (Lipinski definition) is 4. The zero-order valence-corrected chi connectivity index (χ0v) is 19.5. The summed E-state index contributed by atoms with van der Waals surface area (Å²) in [5.41, 5.74) is 3.14. The molecule has 5 rings (SSSR count). The van der Waals surface area contributed by atoms with E-state index in [0.717, 1.165) is 34.0 Å². The van der Waals surface area contributed by atoms with Gasteiger partial charge in [0.25, 0.3) is 11.8 Å². The Kier molecular flexibility index (Phi) is 5.51. The molecule has 2 aromatic carbocycles. The summed E-state index contributed by atoms with van der Waals surface area (Å²) in [5, 5.41) is 4.30. The number of likely N-dealkylation sites (tertiary alicyclic amines) is 1. The largest absolute Gasteiger partial charge is 0.350 e. The van der Waals surface area contributed by atoms with Crippen molar-refractivity contribution in [3.05, 3.63) is 75.4 Å². The first-order chi connectivity index (χ1) is 15.4. The molecule has 0 unspecified atom stereocenters. The summed E-state index contributed by atoms with van der Waals surface area (Å²) in [4.78, 5) is 33.7. The molecule has 0 spiro atoms. The molecule has 2 heterocycles. The first-order valence-electron chi connectivity index (χ1n) is 10.8. The van der Waals surface area contributed by atoms with Gasteiger partial charge in [0.1, 0.15) is 5.69 Å². The van der Waals surface area contributed by atoms with E-state index in [2.05, 4.69) is 16.4 Å². The molecule has 32 heavy (non-hydrogen) atoms. The topological polar surface area (TPSA) is 62.3 Å². The lowest BCUT2D eigenvalue weighted by molar-refractivity contribution is 0.0690. The first-order valence-corrected chi connectivity index (χ1v) is 12.0. The number of nitrogens with one attached hydrogen (secondary N) is 1. The fourth-order valence-electron chi connectivity index (χ4n) is 4.69. The molecule has 3 atom stereocenters. The summed E-state index contributed by atoms with van der Waals surface area (Å²) in [7, 11) is 0. The average molecular weight is 466 g/mol. The second-order valence-electron chi connectivity index (χ2n) is 8.65. The first kappa shape index (κ1) is 21.2. The molecule has 5 nitrogen and oxygen atoms in total. The van der Waals surface area contributed by atoms with Gasteiger partial charge in [-0.15, -0.1) is 11.3 Å². The van der Waals surface area contributed by atoms with E-state index in [1.807, 2.05) is 36.9 Å². The Hall–Kier alpha value is -2.70. The number of amides is 2. The summed E-state index contributed by atoms with van der Waals surface area (Å²) in [6.07, 6.45) is 1.11. The molecule has 2 amide bonds. The number of fused-ring (bicyclic) bond motifs is 1. The standard InChI is InChI=1S/C25H24ClN3O2S/c1-14-6-5-7-16(10-14)23-22(28-15(2)32-23)25(31)29-13-17-11-19(17)21(29)12-27-24(30)18-8-3-4-9-20(18)26/h3-10,17,19,21H,11-13H2,1-2H3,(H,27,30)/t17-,19-,21+/m0/s1. The third-order valence-electron chi connectivity index (χ3n) is 6.37. The van der Waals surface area contributed by atoms with Gasteiger partial charge in [-0.05, 0) is 49.8 Å². The maximum atomic E-state index is 13.6. The van der Waals surface area contributed by atoms with E-state index < -0.39 is 0 Å². The van der Waals surface area contributed by atoms with Crippen LogP contribution in [0.5, 0.6) is 0 Å². The number of nitrogens with zero attached hydrogens (tertiary/aromatic N) is 2. The van der Waals surface area contributed by atoms with Gasteiger partial charge in [-0.2, -0.15) is 0 Å². The summed E-state index contributed by atoms with van der Waals surface area (Å²) in [5.74, 6) is 0.697. The monoisotopic (exact) mass is 465 g/mol. The van der Waals surface area contributed by atoms with Crippen LogP contribution in [0.1, 0.15) is 37.8 Å². The number of thiazole rings is 1. The van der Waals surface area contributed by atoms with Gasteiger partial charge in [-0.1, -0.05) is 53.6 Å². The van der Waals surface area contributed by atoms with E-state index in [1.165, 1.54) is 0 Å². The Morgan fingerprint density at radius 3 is 2.78 bits per heavy atom. The van der Waals surface area contributed by atoms with Crippen molar-refractivity contribution in [2.75, 3.05) is 13.1 Å². The molecule has 1 N–H and O–H groups in total. The normalized spacial score (nSPS) is 21.3. The number of hydrogen-bond donors (Lipinski definition) is 1. The molecule has 164 valence electrons. The molecular weight excluding hydrogens is 442 g/mol. The van der Waals surface area contributed by atoms with Gasteiger partial charge in [0.05, 0.1) is 26.5 Å². The molecule has 3 aromatic rings. The number of carbonyl (C=O) groups is 2. The van der Waals surface area contributed by atoms with Crippen LogP contribution in [0.4, 0.5) is 0 Å². The lowest BCUT2D eigenvalue weighted by Gasteiger charge is -2.27. The van der Waals surface area contributed by atoms with Gasteiger partial charge in [-0.25, -0.2) is 4.98 Å². The van der Waals surface area contributed by atoms with E-state index in [9.17, 15) is 9.59 Å². The average Bonchev–Trinajstić information content (AvgIpc) is 3.28. The van der Waals surface area contributed by atoms with E-state index in [0.29, 0.717) is 34.7 Å². The van der Waals surface area contributed by atoms with Crippen molar-refractivity contribution < 1.29 is 9.59 Å². The van der Waals surface area contributed by atoms with Crippen molar-refractivity contribution >= 4 is 34.8 Å². The Morgan fingerprint density at radius 2 is 2.00 bits per heavy atom. The Bertz CT molecular complexity index is 1210. The summed E-state index contributed by atoms with van der Waals surface area (Å²) in [6.45, 7) is 5.12. The zero-order chi connectivity index (χ0) is 22.4. The van der Waals surface area contributed by atoms with Crippen molar-refractivity contribution in [2.45, 2.75) is 26.3 Å². The quantitative estimate of drug-likeness (QED) is 0.578. The van der Waals surface area contributed by atoms with Crippen LogP contribution in [0, 0.1) is 25.7 Å². The van der Waals surface area contributed by atoms with Crippen molar-refractivity contribution in [3.63, 3.8) is 0 Å². The molecule has 0 radical (unpaired) electrons. The van der Waals surface area contributed by atoms with Crippen LogP contribution in [-0.4, -0.2) is 40.8 Å². The molecule has 2 aliphatic rings.